The first-order chi connectivity index (χ1) is 12.5. The fourth-order valence-electron chi connectivity index (χ4n) is 2.32. The first-order valence-electron chi connectivity index (χ1n) is 8.04. The second-order valence-corrected chi connectivity index (χ2v) is 8.23. The molecule has 0 aromatic heterocycles. The molecule has 138 valence electrons. The number of thioether (sulfide) groups is 2. The van der Waals surface area contributed by atoms with Crippen molar-refractivity contribution < 1.29 is 9.59 Å². The average molecular weight is 453 g/mol. The van der Waals surface area contributed by atoms with Crippen LogP contribution in [-0.2, 0) is 4.79 Å². The minimum atomic E-state index is -0.597. The summed E-state index contributed by atoms with van der Waals surface area (Å²) >= 11 is 6.63. The van der Waals surface area contributed by atoms with Crippen molar-refractivity contribution in [3.63, 3.8) is 0 Å². The first-order valence-corrected chi connectivity index (χ1v) is 11.5. The lowest BCUT2D eigenvalue weighted by Gasteiger charge is -2.19. The van der Waals surface area contributed by atoms with Crippen LogP contribution in [0.4, 0.5) is 5.69 Å². The molecular formula is C19H21BrN2O2S2. The number of hydrogen-bond acceptors (Lipinski definition) is 4. The Balaban J connectivity index is 2.11. The number of amides is 2. The van der Waals surface area contributed by atoms with E-state index in [0.717, 1.165) is 16.3 Å². The molecule has 0 saturated carbocycles. The van der Waals surface area contributed by atoms with Gasteiger partial charge in [0.05, 0.1) is 5.56 Å². The van der Waals surface area contributed by atoms with E-state index in [1.54, 1.807) is 41.7 Å². The van der Waals surface area contributed by atoms with Crippen LogP contribution < -0.4 is 10.6 Å². The Kier molecular flexibility index (Phi) is 8.54. The maximum atomic E-state index is 12.7. The van der Waals surface area contributed by atoms with Crippen LogP contribution in [-0.4, -0.2) is 36.1 Å². The fourth-order valence-corrected chi connectivity index (χ4v) is 3.71. The van der Waals surface area contributed by atoms with Crippen LogP contribution in [0.25, 0.3) is 0 Å². The van der Waals surface area contributed by atoms with Crippen molar-refractivity contribution in [3.8, 4) is 0 Å². The number of anilines is 1. The van der Waals surface area contributed by atoms with Crippen LogP contribution in [0, 0.1) is 0 Å². The Labute approximate surface area is 171 Å². The van der Waals surface area contributed by atoms with Crippen LogP contribution in [0.15, 0.2) is 57.9 Å². The van der Waals surface area contributed by atoms with Crippen LogP contribution in [0.5, 0.6) is 0 Å². The summed E-state index contributed by atoms with van der Waals surface area (Å²) in [5.74, 6) is 0.299. The van der Waals surface area contributed by atoms with Gasteiger partial charge in [0, 0.05) is 15.1 Å². The quantitative estimate of drug-likeness (QED) is 0.571. The summed E-state index contributed by atoms with van der Waals surface area (Å²) in [6.07, 6.45) is 4.53. The maximum Gasteiger partial charge on any atom is 0.253 e. The molecule has 0 bridgehead atoms. The van der Waals surface area contributed by atoms with Gasteiger partial charge in [-0.05, 0) is 70.9 Å². The highest BCUT2D eigenvalue weighted by Crippen LogP contribution is 2.20. The van der Waals surface area contributed by atoms with Gasteiger partial charge in [0.2, 0.25) is 5.91 Å². The molecule has 2 rings (SSSR count). The van der Waals surface area contributed by atoms with E-state index >= 15 is 0 Å². The second kappa shape index (κ2) is 10.6. The molecule has 0 aliphatic heterocycles. The maximum absolute atomic E-state index is 12.7. The third-order valence-corrected chi connectivity index (χ3v) is 5.75. The highest BCUT2D eigenvalue weighted by atomic mass is 79.9. The molecular weight excluding hydrogens is 432 g/mol. The Hall–Kier alpha value is -1.44. The van der Waals surface area contributed by atoms with Gasteiger partial charge in [-0.25, -0.2) is 0 Å². The highest BCUT2D eigenvalue weighted by molar-refractivity contribution is 9.10. The SMILES string of the molecule is CSCCC(NC(=O)c1ccccc1Br)C(=O)Nc1cccc(SC)c1. The lowest BCUT2D eigenvalue weighted by atomic mass is 10.1. The molecule has 1 unspecified atom stereocenters. The standard InChI is InChI=1S/C19H21BrN2O2S2/c1-25-11-10-17(22-18(23)15-8-3-4-9-16(15)20)19(24)21-13-6-5-7-14(12-13)26-2/h3-9,12,17H,10-11H2,1-2H3,(H,21,24)(H,22,23). The van der Waals surface area contributed by atoms with Crippen molar-refractivity contribution in [1.29, 1.82) is 0 Å². The van der Waals surface area contributed by atoms with E-state index in [-0.39, 0.29) is 11.8 Å². The monoisotopic (exact) mass is 452 g/mol. The Morgan fingerprint density at radius 3 is 2.58 bits per heavy atom. The predicted octanol–water partition coefficient (Wildman–Crippen LogP) is 4.66. The number of carbonyl (C=O) groups excluding carboxylic acids is 2. The van der Waals surface area contributed by atoms with Gasteiger partial charge in [0.15, 0.2) is 0 Å². The molecule has 0 fully saturated rings. The summed E-state index contributed by atoms with van der Waals surface area (Å²) < 4.78 is 0.703. The van der Waals surface area contributed by atoms with Gasteiger partial charge in [0.1, 0.15) is 6.04 Å². The molecule has 0 heterocycles. The number of halogens is 1. The van der Waals surface area contributed by atoms with Gasteiger partial charge < -0.3 is 10.6 Å². The van der Waals surface area contributed by atoms with E-state index in [1.807, 2.05) is 42.8 Å². The molecule has 26 heavy (non-hydrogen) atoms. The Morgan fingerprint density at radius 2 is 1.88 bits per heavy atom. The smallest absolute Gasteiger partial charge is 0.253 e. The molecule has 0 aliphatic rings. The van der Waals surface area contributed by atoms with Crippen molar-refractivity contribution in [3.05, 3.63) is 58.6 Å². The van der Waals surface area contributed by atoms with E-state index in [2.05, 4.69) is 26.6 Å². The molecule has 2 aromatic rings. The van der Waals surface area contributed by atoms with Gasteiger partial charge >= 0.3 is 0 Å². The lowest BCUT2D eigenvalue weighted by molar-refractivity contribution is -0.118. The van der Waals surface area contributed by atoms with Gasteiger partial charge in [-0.15, -0.1) is 11.8 Å². The zero-order valence-electron chi connectivity index (χ0n) is 14.6. The summed E-state index contributed by atoms with van der Waals surface area (Å²) in [4.78, 5) is 26.4. The zero-order valence-corrected chi connectivity index (χ0v) is 17.8. The summed E-state index contributed by atoms with van der Waals surface area (Å²) in [5.41, 5.74) is 1.24. The third kappa shape index (κ3) is 6.07. The number of hydrogen-bond donors (Lipinski definition) is 2. The van der Waals surface area contributed by atoms with Crippen LogP contribution in [0.1, 0.15) is 16.8 Å². The van der Waals surface area contributed by atoms with Crippen molar-refractivity contribution in [2.75, 3.05) is 23.6 Å². The topological polar surface area (TPSA) is 58.2 Å². The van der Waals surface area contributed by atoms with Crippen molar-refractivity contribution in [2.24, 2.45) is 0 Å². The van der Waals surface area contributed by atoms with E-state index in [4.69, 9.17) is 0 Å². The van der Waals surface area contributed by atoms with Crippen molar-refractivity contribution in [1.82, 2.24) is 5.32 Å². The molecule has 2 N–H and O–H groups in total. The normalized spacial score (nSPS) is 11.7. The van der Waals surface area contributed by atoms with Crippen LogP contribution >= 0.6 is 39.5 Å². The molecule has 7 heteroatoms. The summed E-state index contributed by atoms with van der Waals surface area (Å²) in [6.45, 7) is 0. The minimum absolute atomic E-state index is 0.210. The average Bonchev–Trinajstić information content (AvgIpc) is 2.65. The zero-order chi connectivity index (χ0) is 18.9. The number of carbonyl (C=O) groups is 2. The van der Waals surface area contributed by atoms with Gasteiger partial charge in [-0.3, -0.25) is 9.59 Å². The van der Waals surface area contributed by atoms with E-state index in [1.165, 1.54) is 0 Å². The van der Waals surface area contributed by atoms with E-state index < -0.39 is 6.04 Å². The summed E-state index contributed by atoms with van der Waals surface area (Å²) in [7, 11) is 0. The second-order valence-electron chi connectivity index (χ2n) is 5.51. The summed E-state index contributed by atoms with van der Waals surface area (Å²) in [5, 5.41) is 5.77. The Morgan fingerprint density at radius 1 is 1.12 bits per heavy atom. The minimum Gasteiger partial charge on any atom is -0.340 e. The van der Waals surface area contributed by atoms with E-state index in [9.17, 15) is 9.59 Å². The molecule has 4 nitrogen and oxygen atoms in total. The molecule has 2 aromatic carbocycles. The molecule has 1 atom stereocenters. The number of benzene rings is 2. The molecule has 0 spiro atoms. The molecule has 2 amide bonds. The largest absolute Gasteiger partial charge is 0.340 e. The molecule has 0 saturated heterocycles. The first kappa shape index (κ1) is 20.9. The molecule has 0 radical (unpaired) electrons. The third-order valence-electron chi connectivity index (χ3n) is 3.69. The van der Waals surface area contributed by atoms with Crippen LogP contribution in [0.2, 0.25) is 0 Å². The lowest BCUT2D eigenvalue weighted by Crippen LogP contribution is -2.44. The van der Waals surface area contributed by atoms with Gasteiger partial charge in [-0.1, -0.05) is 18.2 Å². The predicted molar refractivity (Wildman–Crippen MR) is 115 cm³/mol. The van der Waals surface area contributed by atoms with Crippen LogP contribution in [0.3, 0.4) is 0 Å². The Bertz CT molecular complexity index is 771. The van der Waals surface area contributed by atoms with Gasteiger partial charge in [0.25, 0.3) is 5.91 Å². The van der Waals surface area contributed by atoms with Gasteiger partial charge in [-0.2, -0.15) is 11.8 Å². The number of nitrogens with one attached hydrogen (secondary N) is 2. The highest BCUT2D eigenvalue weighted by Gasteiger charge is 2.22. The van der Waals surface area contributed by atoms with Crippen molar-refractivity contribution >= 4 is 57.0 Å². The van der Waals surface area contributed by atoms with Crippen molar-refractivity contribution in [2.45, 2.75) is 17.4 Å². The molecule has 0 aliphatic carbocycles. The van der Waals surface area contributed by atoms with E-state index in [0.29, 0.717) is 16.5 Å². The summed E-state index contributed by atoms with van der Waals surface area (Å²) in [6, 6.07) is 14.2. The fraction of sp³-hybridized carbons (Fsp3) is 0.263. The number of rotatable bonds is 8.